The van der Waals surface area contributed by atoms with Crippen LogP contribution in [0.15, 0.2) is 56.5 Å². The van der Waals surface area contributed by atoms with Gasteiger partial charge in [0.1, 0.15) is 0 Å². The minimum atomic E-state index is -0.244. The normalized spacial score (nSPS) is 17.6. The minimum absolute atomic E-state index is 0.115. The predicted octanol–water partition coefficient (Wildman–Crippen LogP) is 8.54. The maximum atomic E-state index is 11.1. The number of hydrogen-bond donors (Lipinski definition) is 1. The van der Waals surface area contributed by atoms with Gasteiger partial charge in [0.25, 0.3) is 0 Å². The molecule has 0 aliphatic carbocycles. The number of aromatic hydroxyl groups is 1. The number of thiazole rings is 1. The average Bonchev–Trinajstić information content (AvgIpc) is 3.28. The van der Waals surface area contributed by atoms with Crippen LogP contribution in [0.1, 0.15) is 38.7 Å². The third-order valence-electron chi connectivity index (χ3n) is 5.82. The maximum absolute atomic E-state index is 11.1. The topological polar surface area (TPSA) is 62.8 Å². The average molecular weight is 516 g/mol. The second-order valence-corrected chi connectivity index (χ2v) is 10.7. The number of rotatable bonds is 3. The summed E-state index contributed by atoms with van der Waals surface area (Å²) in [6.07, 6.45) is 0.900. The van der Waals surface area contributed by atoms with E-state index in [1.807, 2.05) is 46.3 Å². The molecule has 1 N–H and O–H groups in total. The molecular weight excluding hydrogens is 496 g/mol. The zero-order valence-electron chi connectivity index (χ0n) is 17.2. The van der Waals surface area contributed by atoms with E-state index < -0.39 is 0 Å². The Labute approximate surface area is 197 Å². The summed E-state index contributed by atoms with van der Waals surface area (Å²) in [4.78, 5) is 4.58. The van der Waals surface area contributed by atoms with Crippen molar-refractivity contribution in [3.05, 3.63) is 56.8 Å². The third kappa shape index (κ3) is 3.49. The van der Waals surface area contributed by atoms with Gasteiger partial charge in [0.05, 0.1) is 11.2 Å². The van der Waals surface area contributed by atoms with Crippen molar-refractivity contribution in [1.82, 2.24) is 9.55 Å². The molecular formula is C23H20BrClN4OS. The van der Waals surface area contributed by atoms with Crippen LogP contribution < -0.4 is 0 Å². The Morgan fingerprint density at radius 2 is 1.97 bits per heavy atom. The van der Waals surface area contributed by atoms with Crippen molar-refractivity contribution >= 4 is 60.6 Å². The molecule has 5 rings (SSSR count). The van der Waals surface area contributed by atoms with Gasteiger partial charge in [0.2, 0.25) is 11.0 Å². The van der Waals surface area contributed by atoms with E-state index in [0.29, 0.717) is 21.8 Å². The lowest BCUT2D eigenvalue weighted by molar-refractivity contribution is 0.267. The van der Waals surface area contributed by atoms with Gasteiger partial charge in [0.15, 0.2) is 5.69 Å². The van der Waals surface area contributed by atoms with E-state index in [1.54, 1.807) is 0 Å². The second-order valence-electron chi connectivity index (χ2n) is 8.54. The highest BCUT2D eigenvalue weighted by atomic mass is 79.9. The number of hydrogen-bond acceptors (Lipinski definition) is 5. The maximum Gasteiger partial charge on any atom is 0.230 e. The van der Waals surface area contributed by atoms with Crippen LogP contribution in [0.25, 0.3) is 22.2 Å². The fourth-order valence-electron chi connectivity index (χ4n) is 4.55. The predicted molar refractivity (Wildman–Crippen MR) is 130 cm³/mol. The second kappa shape index (κ2) is 7.43. The number of halogens is 2. The molecule has 8 heteroatoms. The van der Waals surface area contributed by atoms with Gasteiger partial charge in [-0.1, -0.05) is 46.6 Å². The molecule has 31 heavy (non-hydrogen) atoms. The quantitative estimate of drug-likeness (QED) is 0.278. The molecule has 0 bridgehead atoms. The van der Waals surface area contributed by atoms with Crippen molar-refractivity contribution in [1.29, 1.82) is 0 Å². The molecule has 1 unspecified atom stereocenters. The van der Waals surface area contributed by atoms with Crippen molar-refractivity contribution in [2.24, 2.45) is 10.2 Å². The van der Waals surface area contributed by atoms with Gasteiger partial charge in [-0.15, -0.1) is 21.6 Å². The molecule has 0 amide bonds. The number of azo groups is 1. The van der Waals surface area contributed by atoms with Crippen molar-refractivity contribution in [2.75, 3.05) is 0 Å². The van der Waals surface area contributed by atoms with Gasteiger partial charge >= 0.3 is 0 Å². The van der Waals surface area contributed by atoms with E-state index in [2.05, 4.69) is 51.9 Å². The van der Waals surface area contributed by atoms with Crippen LogP contribution >= 0.6 is 38.9 Å². The lowest BCUT2D eigenvalue weighted by Gasteiger charge is -2.36. The summed E-state index contributed by atoms with van der Waals surface area (Å²) in [7, 11) is 0. The Balaban J connectivity index is 1.59. The Kier molecular flexibility index (Phi) is 4.95. The lowest BCUT2D eigenvalue weighted by Crippen LogP contribution is -2.31. The van der Waals surface area contributed by atoms with E-state index >= 15 is 0 Å². The summed E-state index contributed by atoms with van der Waals surface area (Å²) in [6.45, 7) is 6.46. The van der Waals surface area contributed by atoms with Gasteiger partial charge in [-0.05, 0) is 56.0 Å². The number of benzene rings is 2. The number of aromatic nitrogens is 2. The van der Waals surface area contributed by atoms with Gasteiger partial charge in [-0.2, -0.15) is 0 Å². The molecule has 2 aromatic carbocycles. The van der Waals surface area contributed by atoms with Crippen LogP contribution in [0.2, 0.25) is 5.02 Å². The fourth-order valence-corrected chi connectivity index (χ4v) is 5.69. The summed E-state index contributed by atoms with van der Waals surface area (Å²) in [5, 5.41) is 23.8. The highest BCUT2D eigenvalue weighted by molar-refractivity contribution is 9.10. The molecule has 0 saturated carbocycles. The Morgan fingerprint density at radius 1 is 1.23 bits per heavy atom. The summed E-state index contributed by atoms with van der Waals surface area (Å²) in [5.41, 5.74) is 4.15. The zero-order chi connectivity index (χ0) is 21.9. The molecule has 3 heterocycles. The monoisotopic (exact) mass is 514 g/mol. The van der Waals surface area contributed by atoms with Gasteiger partial charge in [0, 0.05) is 31.4 Å². The Morgan fingerprint density at radius 3 is 2.71 bits per heavy atom. The van der Waals surface area contributed by atoms with Crippen LogP contribution in [-0.2, 0) is 5.54 Å². The van der Waals surface area contributed by atoms with Crippen LogP contribution in [0.4, 0.5) is 10.8 Å². The van der Waals surface area contributed by atoms with Crippen molar-refractivity contribution in [3.8, 4) is 17.1 Å². The number of nitrogens with zero attached hydrogens (tertiary/aromatic N) is 4. The highest BCUT2D eigenvalue weighted by Gasteiger charge is 2.36. The molecule has 0 radical (unpaired) electrons. The third-order valence-corrected chi connectivity index (χ3v) is 7.29. The van der Waals surface area contributed by atoms with E-state index in [-0.39, 0.29) is 11.4 Å². The van der Waals surface area contributed by atoms with Crippen molar-refractivity contribution in [3.63, 3.8) is 0 Å². The lowest BCUT2D eigenvalue weighted by atomic mass is 9.82. The standard InChI is InChI=1S/C23H20BrClN4OS/c1-12-10-23(2,3)29-20-16(12)8-15(25)9-17(20)19(21(29)30)27-28-22-26-18(11-31-22)13-4-6-14(24)7-5-13/h4-9,11-12,30H,10H2,1-3H3. The molecule has 1 atom stereocenters. The van der Waals surface area contributed by atoms with Crippen LogP contribution in [0, 0.1) is 0 Å². The smallest absolute Gasteiger partial charge is 0.230 e. The molecule has 5 nitrogen and oxygen atoms in total. The summed E-state index contributed by atoms with van der Waals surface area (Å²) in [5.74, 6) is 0.444. The molecule has 158 valence electrons. The molecule has 0 saturated heterocycles. The molecule has 4 aromatic rings. The largest absolute Gasteiger partial charge is 0.493 e. The highest BCUT2D eigenvalue weighted by Crippen LogP contribution is 2.51. The van der Waals surface area contributed by atoms with Crippen molar-refractivity contribution in [2.45, 2.75) is 38.6 Å². The zero-order valence-corrected chi connectivity index (χ0v) is 20.4. The van der Waals surface area contributed by atoms with Gasteiger partial charge < -0.3 is 9.67 Å². The molecule has 1 aliphatic rings. The van der Waals surface area contributed by atoms with Crippen LogP contribution in [-0.4, -0.2) is 14.7 Å². The first-order chi connectivity index (χ1) is 14.7. The molecule has 2 aromatic heterocycles. The van der Waals surface area contributed by atoms with E-state index in [4.69, 9.17) is 11.6 Å². The van der Waals surface area contributed by atoms with Crippen LogP contribution in [0.5, 0.6) is 5.88 Å². The van der Waals surface area contributed by atoms with Gasteiger partial charge in [-0.25, -0.2) is 4.98 Å². The van der Waals surface area contributed by atoms with Crippen LogP contribution in [0.3, 0.4) is 0 Å². The first-order valence-corrected chi connectivity index (χ1v) is 12.0. The summed E-state index contributed by atoms with van der Waals surface area (Å²) in [6, 6.07) is 11.8. The van der Waals surface area contributed by atoms with Gasteiger partial charge in [-0.3, -0.25) is 0 Å². The first-order valence-electron chi connectivity index (χ1n) is 9.95. The Bertz CT molecular complexity index is 1340. The van der Waals surface area contributed by atoms with E-state index in [0.717, 1.165) is 38.6 Å². The fraction of sp³-hybridized carbons (Fsp3) is 0.261. The first kappa shape index (κ1) is 20.7. The molecule has 1 aliphatic heterocycles. The minimum Gasteiger partial charge on any atom is -0.493 e. The Hall–Kier alpha value is -2.22. The van der Waals surface area contributed by atoms with E-state index in [9.17, 15) is 5.11 Å². The summed E-state index contributed by atoms with van der Waals surface area (Å²) < 4.78 is 2.99. The molecule has 0 spiro atoms. The van der Waals surface area contributed by atoms with E-state index in [1.165, 1.54) is 11.3 Å². The SMILES string of the molecule is CC1CC(C)(C)n2c(O)c(N=Nc3nc(-c4ccc(Br)cc4)cs3)c3cc(Cl)cc1c32. The molecule has 0 fully saturated rings. The summed E-state index contributed by atoms with van der Waals surface area (Å²) >= 11 is 11.3. The van der Waals surface area contributed by atoms with Crippen molar-refractivity contribution < 1.29 is 5.11 Å².